The van der Waals surface area contributed by atoms with Gasteiger partial charge < -0.3 is 14.9 Å². The molecule has 0 unspecified atom stereocenters. The molecule has 3 N–H and O–H groups in total. The van der Waals surface area contributed by atoms with Crippen LogP contribution in [0.15, 0.2) is 48.9 Å². The highest BCUT2D eigenvalue weighted by molar-refractivity contribution is 9.11. The van der Waals surface area contributed by atoms with Crippen molar-refractivity contribution in [1.29, 1.82) is 0 Å². The predicted octanol–water partition coefficient (Wildman–Crippen LogP) is 3.91. The zero-order chi connectivity index (χ0) is 17.7. The van der Waals surface area contributed by atoms with Gasteiger partial charge in [0, 0.05) is 10.0 Å². The molecule has 0 aliphatic heterocycles. The fraction of sp³-hybridized carbons (Fsp3) is 0.0667. The van der Waals surface area contributed by atoms with Gasteiger partial charge in [0.25, 0.3) is 5.91 Å². The van der Waals surface area contributed by atoms with E-state index in [0.29, 0.717) is 15.8 Å². The lowest BCUT2D eigenvalue weighted by Crippen LogP contribution is -2.24. The molecule has 0 spiro atoms. The lowest BCUT2D eigenvalue weighted by molar-refractivity contribution is -0.123. The molecule has 0 fully saturated rings. The summed E-state index contributed by atoms with van der Waals surface area (Å²) in [5.74, 6) is -0.497. The number of amides is 1. The standard InChI is InChI=1S/C15H11Br3N2O4/c16-9-2-1-3-10(5-9)24-7-12(21)20-19-6-8-4-11(17)14(22)15(23)13(8)18/h1-6,22-23H,7H2,(H,20,21). The van der Waals surface area contributed by atoms with Crippen molar-refractivity contribution in [2.24, 2.45) is 5.10 Å². The third kappa shape index (κ3) is 4.96. The van der Waals surface area contributed by atoms with Crippen LogP contribution in [-0.2, 0) is 4.79 Å². The second-order valence-electron chi connectivity index (χ2n) is 4.50. The molecule has 1 amide bonds. The van der Waals surface area contributed by atoms with Gasteiger partial charge in [-0.15, -0.1) is 0 Å². The van der Waals surface area contributed by atoms with Crippen molar-refractivity contribution in [3.05, 3.63) is 49.3 Å². The summed E-state index contributed by atoms with van der Waals surface area (Å²) in [7, 11) is 0. The monoisotopic (exact) mass is 520 g/mol. The van der Waals surface area contributed by atoms with E-state index < -0.39 is 5.91 Å². The first-order chi connectivity index (χ1) is 11.4. The van der Waals surface area contributed by atoms with E-state index in [0.717, 1.165) is 4.47 Å². The molecule has 2 aromatic carbocycles. The summed E-state index contributed by atoms with van der Waals surface area (Å²) in [6, 6.07) is 8.65. The molecule has 6 nitrogen and oxygen atoms in total. The Hall–Kier alpha value is -1.58. The fourth-order valence-corrected chi connectivity index (χ4v) is 2.84. The van der Waals surface area contributed by atoms with E-state index in [9.17, 15) is 15.0 Å². The number of hydrogen-bond donors (Lipinski definition) is 3. The zero-order valence-corrected chi connectivity index (χ0v) is 16.7. The first-order valence-corrected chi connectivity index (χ1v) is 8.86. The van der Waals surface area contributed by atoms with Crippen molar-refractivity contribution in [3.8, 4) is 17.2 Å². The van der Waals surface area contributed by atoms with Gasteiger partial charge in [-0.3, -0.25) is 4.79 Å². The molecule has 2 rings (SSSR count). The van der Waals surface area contributed by atoms with Gasteiger partial charge in [0.2, 0.25) is 0 Å². The molecule has 24 heavy (non-hydrogen) atoms. The van der Waals surface area contributed by atoms with Gasteiger partial charge in [-0.2, -0.15) is 5.10 Å². The van der Waals surface area contributed by atoms with Gasteiger partial charge in [-0.1, -0.05) is 22.0 Å². The van der Waals surface area contributed by atoms with E-state index >= 15 is 0 Å². The van der Waals surface area contributed by atoms with Crippen LogP contribution in [0.2, 0.25) is 0 Å². The average molecular weight is 523 g/mol. The molecule has 0 atom stereocenters. The van der Waals surface area contributed by atoms with E-state index in [2.05, 4.69) is 58.3 Å². The number of carbonyl (C=O) groups excluding carboxylic acids is 1. The van der Waals surface area contributed by atoms with Crippen LogP contribution < -0.4 is 10.2 Å². The molecular weight excluding hydrogens is 512 g/mol. The van der Waals surface area contributed by atoms with Gasteiger partial charge in [0.15, 0.2) is 18.1 Å². The van der Waals surface area contributed by atoms with Gasteiger partial charge in [-0.05, 0) is 56.1 Å². The number of aromatic hydroxyl groups is 2. The van der Waals surface area contributed by atoms with Crippen LogP contribution in [0.4, 0.5) is 0 Å². The van der Waals surface area contributed by atoms with Crippen LogP contribution >= 0.6 is 47.8 Å². The summed E-state index contributed by atoms with van der Waals surface area (Å²) in [6.07, 6.45) is 1.32. The molecule has 9 heteroatoms. The van der Waals surface area contributed by atoms with Gasteiger partial charge in [0.1, 0.15) is 5.75 Å². The first-order valence-electron chi connectivity index (χ1n) is 6.48. The number of phenols is 2. The number of halogens is 3. The second kappa shape index (κ2) is 8.50. The molecule has 0 radical (unpaired) electrons. The van der Waals surface area contributed by atoms with Crippen LogP contribution in [0.5, 0.6) is 17.2 Å². The molecule has 0 aliphatic carbocycles. The minimum Gasteiger partial charge on any atom is -0.503 e. The Bertz CT molecular complexity index is 797. The fourth-order valence-electron chi connectivity index (χ4n) is 1.63. The number of nitrogens with one attached hydrogen (secondary N) is 1. The maximum Gasteiger partial charge on any atom is 0.277 e. The highest BCUT2D eigenvalue weighted by atomic mass is 79.9. The molecule has 126 valence electrons. The Labute approximate surface area is 162 Å². The highest BCUT2D eigenvalue weighted by Crippen LogP contribution is 2.40. The average Bonchev–Trinajstić information content (AvgIpc) is 2.55. The first kappa shape index (κ1) is 18.8. The van der Waals surface area contributed by atoms with E-state index in [4.69, 9.17) is 4.74 Å². The minimum absolute atomic E-state index is 0.195. The largest absolute Gasteiger partial charge is 0.503 e. The van der Waals surface area contributed by atoms with Crippen molar-refractivity contribution in [1.82, 2.24) is 5.43 Å². The Morgan fingerprint density at radius 3 is 2.67 bits per heavy atom. The van der Waals surface area contributed by atoms with Crippen LogP contribution in [0.25, 0.3) is 0 Å². The lowest BCUT2D eigenvalue weighted by Gasteiger charge is -2.07. The topological polar surface area (TPSA) is 91.2 Å². The molecule has 0 bridgehead atoms. The van der Waals surface area contributed by atoms with E-state index in [1.54, 1.807) is 18.2 Å². The minimum atomic E-state index is -0.440. The Morgan fingerprint density at radius 2 is 1.96 bits per heavy atom. The third-order valence-electron chi connectivity index (χ3n) is 2.75. The maximum absolute atomic E-state index is 11.7. The normalized spacial score (nSPS) is 10.8. The number of ether oxygens (including phenoxy) is 1. The van der Waals surface area contributed by atoms with Crippen molar-refractivity contribution in [2.45, 2.75) is 0 Å². The van der Waals surface area contributed by atoms with E-state index in [1.807, 2.05) is 6.07 Å². The van der Waals surface area contributed by atoms with Crippen molar-refractivity contribution in [3.63, 3.8) is 0 Å². The molecule has 2 aromatic rings. The molecular formula is C15H11Br3N2O4. The lowest BCUT2D eigenvalue weighted by atomic mass is 10.2. The zero-order valence-electron chi connectivity index (χ0n) is 12.0. The number of rotatable bonds is 5. The molecule has 0 heterocycles. The number of phenolic OH excluding ortho intramolecular Hbond substituents is 2. The second-order valence-corrected chi connectivity index (χ2v) is 7.06. The van der Waals surface area contributed by atoms with Crippen molar-refractivity contribution in [2.75, 3.05) is 6.61 Å². The van der Waals surface area contributed by atoms with Crippen molar-refractivity contribution < 1.29 is 19.7 Å². The molecule has 0 saturated heterocycles. The number of carbonyl (C=O) groups is 1. The van der Waals surface area contributed by atoms with Gasteiger partial charge in [0.05, 0.1) is 15.2 Å². The molecule has 0 saturated carbocycles. The van der Waals surface area contributed by atoms with Crippen LogP contribution in [0.1, 0.15) is 5.56 Å². The summed E-state index contributed by atoms with van der Waals surface area (Å²) >= 11 is 9.55. The highest BCUT2D eigenvalue weighted by Gasteiger charge is 2.12. The number of benzene rings is 2. The summed E-state index contributed by atoms with van der Waals surface area (Å²) in [4.78, 5) is 11.7. The van der Waals surface area contributed by atoms with Gasteiger partial charge >= 0.3 is 0 Å². The predicted molar refractivity (Wildman–Crippen MR) is 101 cm³/mol. The third-order valence-corrected chi connectivity index (χ3v) is 4.68. The Kier molecular flexibility index (Phi) is 6.64. The Morgan fingerprint density at radius 1 is 1.21 bits per heavy atom. The smallest absolute Gasteiger partial charge is 0.277 e. The number of hydrazone groups is 1. The number of nitrogens with zero attached hydrogens (tertiary/aromatic N) is 1. The Balaban J connectivity index is 1.93. The van der Waals surface area contributed by atoms with Gasteiger partial charge in [-0.25, -0.2) is 5.43 Å². The quantitative estimate of drug-likeness (QED) is 0.315. The molecule has 0 aliphatic rings. The van der Waals surface area contributed by atoms with Crippen LogP contribution in [0.3, 0.4) is 0 Å². The maximum atomic E-state index is 11.7. The summed E-state index contributed by atoms with van der Waals surface area (Å²) < 4.78 is 6.73. The van der Waals surface area contributed by atoms with Crippen molar-refractivity contribution >= 4 is 59.9 Å². The van der Waals surface area contributed by atoms with Crippen LogP contribution in [0, 0.1) is 0 Å². The van der Waals surface area contributed by atoms with Crippen LogP contribution in [-0.4, -0.2) is 28.9 Å². The number of hydrogen-bond acceptors (Lipinski definition) is 5. The molecule has 0 aromatic heterocycles. The summed E-state index contributed by atoms with van der Waals surface area (Å²) in [5, 5.41) is 23.1. The van der Waals surface area contributed by atoms with E-state index in [1.165, 1.54) is 12.3 Å². The SMILES string of the molecule is O=C(COc1cccc(Br)c1)NN=Cc1cc(Br)c(O)c(O)c1Br. The summed E-state index contributed by atoms with van der Waals surface area (Å²) in [5.41, 5.74) is 2.77. The van der Waals surface area contributed by atoms with E-state index in [-0.39, 0.29) is 22.6 Å². The summed E-state index contributed by atoms with van der Waals surface area (Å²) in [6.45, 7) is -0.195.